The molecule has 0 saturated heterocycles. The van der Waals surface area contributed by atoms with Crippen molar-refractivity contribution < 1.29 is 13.9 Å². The number of carbonyl (C=O) groups excluding carboxylic acids is 1. The van der Waals surface area contributed by atoms with Crippen LogP contribution >= 0.6 is 0 Å². The highest BCUT2D eigenvalue weighted by molar-refractivity contribution is 5.67. The van der Waals surface area contributed by atoms with E-state index in [0.717, 1.165) is 0 Å². The number of benzene rings is 1. The van der Waals surface area contributed by atoms with Crippen LogP contribution in [0.3, 0.4) is 0 Å². The number of esters is 1. The normalized spacial score (nSPS) is 14.7. The van der Waals surface area contributed by atoms with Gasteiger partial charge in [-0.15, -0.1) is 5.10 Å². The third-order valence-electron chi connectivity index (χ3n) is 3.96. The Morgan fingerprint density at radius 1 is 1.36 bits per heavy atom. The minimum Gasteiger partial charge on any atom is -0.450 e. The number of nitrogens with zero attached hydrogens (tertiary/aromatic N) is 7. The van der Waals surface area contributed by atoms with Crippen molar-refractivity contribution in [3.8, 4) is 0 Å². The molecule has 2 heterocycles. The lowest BCUT2D eigenvalue weighted by molar-refractivity contribution is -0.167. The molecule has 10 heteroatoms. The van der Waals surface area contributed by atoms with Gasteiger partial charge in [-0.1, -0.05) is 18.2 Å². The van der Waals surface area contributed by atoms with Gasteiger partial charge in [0.25, 0.3) is 0 Å². The van der Waals surface area contributed by atoms with Gasteiger partial charge in [0.1, 0.15) is 24.8 Å². The highest BCUT2D eigenvalue weighted by Crippen LogP contribution is 2.39. The Bertz CT molecular complexity index is 837. The maximum absolute atomic E-state index is 14.7. The zero-order chi connectivity index (χ0) is 17.9. The predicted octanol–water partition coefficient (Wildman–Crippen LogP) is 1.12. The fraction of sp³-hybridized carbons (Fsp3) is 0.333. The average molecular weight is 345 g/mol. The number of tetrazole rings is 1. The van der Waals surface area contributed by atoms with Gasteiger partial charge in [0, 0.05) is 12.5 Å². The summed E-state index contributed by atoms with van der Waals surface area (Å²) < 4.78 is 23.2. The Morgan fingerprint density at radius 3 is 2.76 bits per heavy atom. The van der Waals surface area contributed by atoms with Crippen molar-refractivity contribution in [3.05, 3.63) is 54.6 Å². The van der Waals surface area contributed by atoms with Crippen molar-refractivity contribution >= 4 is 5.97 Å². The molecule has 0 radical (unpaired) electrons. The minimum absolute atomic E-state index is 0.0362. The first-order valence-corrected chi connectivity index (χ1v) is 7.52. The fourth-order valence-electron chi connectivity index (χ4n) is 2.79. The van der Waals surface area contributed by atoms with E-state index in [1.807, 2.05) is 0 Å². The molecular formula is C15H16FN7O2. The molecule has 0 aliphatic heterocycles. The van der Waals surface area contributed by atoms with Gasteiger partial charge in [0.2, 0.25) is 0 Å². The van der Waals surface area contributed by atoms with Crippen molar-refractivity contribution in [2.75, 3.05) is 0 Å². The zero-order valence-corrected chi connectivity index (χ0v) is 13.7. The fourth-order valence-corrected chi connectivity index (χ4v) is 2.79. The molecule has 0 spiro atoms. The molecule has 3 aromatic rings. The van der Waals surface area contributed by atoms with Crippen molar-refractivity contribution in [1.82, 2.24) is 35.0 Å². The van der Waals surface area contributed by atoms with Crippen LogP contribution in [0.5, 0.6) is 0 Å². The Balaban J connectivity index is 2.19. The van der Waals surface area contributed by atoms with Crippen LogP contribution in [0.1, 0.15) is 25.5 Å². The number of rotatable bonds is 6. The van der Waals surface area contributed by atoms with Crippen molar-refractivity contribution in [2.45, 2.75) is 32.0 Å². The van der Waals surface area contributed by atoms with E-state index in [9.17, 15) is 9.18 Å². The number of carbonyl (C=O) groups is 1. The molecule has 130 valence electrons. The third kappa shape index (κ3) is 3.23. The first kappa shape index (κ1) is 16.7. The Morgan fingerprint density at radius 2 is 2.16 bits per heavy atom. The van der Waals surface area contributed by atoms with Crippen LogP contribution < -0.4 is 0 Å². The molecule has 0 unspecified atom stereocenters. The molecule has 0 bridgehead atoms. The second-order valence-electron chi connectivity index (χ2n) is 5.52. The maximum atomic E-state index is 14.7. The smallest absolute Gasteiger partial charge is 0.303 e. The standard InChI is InChI=1S/C15H16FN7O2/c1-11(23-10-18-20-21-23)15(25-12(2)24,7-22-9-17-8-19-22)13-5-3-4-6-14(13)16/h3-6,8-11H,7H2,1-2H3/t11-,15-/m1/s1. The Labute approximate surface area is 142 Å². The van der Waals surface area contributed by atoms with Gasteiger partial charge in [-0.2, -0.15) is 5.10 Å². The summed E-state index contributed by atoms with van der Waals surface area (Å²) in [5.41, 5.74) is -1.23. The largest absolute Gasteiger partial charge is 0.450 e. The summed E-state index contributed by atoms with van der Waals surface area (Å²) in [5, 5.41) is 15.2. The van der Waals surface area contributed by atoms with Gasteiger partial charge in [-0.3, -0.25) is 4.79 Å². The molecule has 0 amide bonds. The number of hydrogen-bond donors (Lipinski definition) is 0. The van der Waals surface area contributed by atoms with Gasteiger partial charge < -0.3 is 4.74 Å². The Kier molecular flexibility index (Phi) is 4.50. The van der Waals surface area contributed by atoms with E-state index < -0.39 is 23.4 Å². The minimum atomic E-state index is -1.43. The second-order valence-corrected chi connectivity index (χ2v) is 5.52. The summed E-state index contributed by atoms with van der Waals surface area (Å²) >= 11 is 0. The van der Waals surface area contributed by atoms with Gasteiger partial charge in [0.15, 0.2) is 5.60 Å². The zero-order valence-electron chi connectivity index (χ0n) is 13.7. The summed E-state index contributed by atoms with van der Waals surface area (Å²) in [4.78, 5) is 15.8. The third-order valence-corrected chi connectivity index (χ3v) is 3.96. The molecule has 0 saturated carbocycles. The lowest BCUT2D eigenvalue weighted by Crippen LogP contribution is -2.44. The molecule has 0 fully saturated rings. The summed E-state index contributed by atoms with van der Waals surface area (Å²) in [7, 11) is 0. The molecule has 0 aliphatic rings. The topological polar surface area (TPSA) is 101 Å². The van der Waals surface area contributed by atoms with Crippen LogP contribution in [0.2, 0.25) is 0 Å². The molecule has 3 rings (SSSR count). The van der Waals surface area contributed by atoms with E-state index >= 15 is 0 Å². The highest BCUT2D eigenvalue weighted by Gasteiger charge is 2.46. The van der Waals surface area contributed by atoms with E-state index in [1.165, 1.54) is 41.3 Å². The van der Waals surface area contributed by atoms with Crippen LogP contribution in [-0.4, -0.2) is 40.9 Å². The molecule has 1 aromatic carbocycles. The van der Waals surface area contributed by atoms with Crippen LogP contribution in [0.4, 0.5) is 4.39 Å². The van der Waals surface area contributed by atoms with E-state index in [1.54, 1.807) is 25.1 Å². The highest BCUT2D eigenvalue weighted by atomic mass is 19.1. The predicted molar refractivity (Wildman–Crippen MR) is 82.4 cm³/mol. The number of hydrogen-bond acceptors (Lipinski definition) is 7. The van der Waals surface area contributed by atoms with Crippen LogP contribution in [-0.2, 0) is 21.7 Å². The summed E-state index contributed by atoms with van der Waals surface area (Å²) in [6.07, 6.45) is 4.19. The Hall–Kier alpha value is -3.17. The van der Waals surface area contributed by atoms with E-state index in [-0.39, 0.29) is 12.1 Å². The average Bonchev–Trinajstić information content (AvgIpc) is 3.27. The molecule has 2 atom stereocenters. The lowest BCUT2D eigenvalue weighted by atomic mass is 9.86. The summed E-state index contributed by atoms with van der Waals surface area (Å²) in [5.74, 6) is -1.08. The molecule has 25 heavy (non-hydrogen) atoms. The van der Waals surface area contributed by atoms with Gasteiger partial charge in [0.05, 0.1) is 12.6 Å². The van der Waals surface area contributed by atoms with Crippen LogP contribution in [0, 0.1) is 5.82 Å². The van der Waals surface area contributed by atoms with Gasteiger partial charge in [-0.25, -0.2) is 18.7 Å². The summed E-state index contributed by atoms with van der Waals surface area (Å²) in [6, 6.07) is 5.49. The van der Waals surface area contributed by atoms with E-state index in [4.69, 9.17) is 4.74 Å². The molecular weight excluding hydrogens is 329 g/mol. The number of halogens is 1. The molecule has 0 N–H and O–H groups in total. The number of ether oxygens (including phenoxy) is 1. The van der Waals surface area contributed by atoms with Crippen molar-refractivity contribution in [2.24, 2.45) is 0 Å². The van der Waals surface area contributed by atoms with Crippen molar-refractivity contribution in [1.29, 1.82) is 0 Å². The van der Waals surface area contributed by atoms with Crippen LogP contribution in [0.25, 0.3) is 0 Å². The molecule has 9 nitrogen and oxygen atoms in total. The van der Waals surface area contributed by atoms with Crippen LogP contribution in [0.15, 0.2) is 43.2 Å². The first-order valence-electron chi connectivity index (χ1n) is 7.52. The van der Waals surface area contributed by atoms with E-state index in [2.05, 4.69) is 25.6 Å². The monoisotopic (exact) mass is 345 g/mol. The summed E-state index contributed by atoms with van der Waals surface area (Å²) in [6.45, 7) is 3.04. The molecule has 2 aromatic heterocycles. The van der Waals surface area contributed by atoms with E-state index in [0.29, 0.717) is 0 Å². The lowest BCUT2D eigenvalue weighted by Gasteiger charge is -2.38. The second kappa shape index (κ2) is 6.75. The first-order chi connectivity index (χ1) is 12.0. The van der Waals surface area contributed by atoms with Gasteiger partial charge in [-0.05, 0) is 23.4 Å². The SMILES string of the molecule is CC(=O)O[C@@](Cn1cncn1)(c1ccccc1F)[C@@H](C)n1cnnn1. The quantitative estimate of drug-likeness (QED) is 0.617. The maximum Gasteiger partial charge on any atom is 0.303 e. The molecule has 0 aliphatic carbocycles. The van der Waals surface area contributed by atoms with Gasteiger partial charge >= 0.3 is 5.97 Å². The van der Waals surface area contributed by atoms with Crippen molar-refractivity contribution in [3.63, 3.8) is 0 Å². The number of aromatic nitrogens is 7.